The predicted octanol–water partition coefficient (Wildman–Crippen LogP) is 14.4. The fourth-order valence-corrected chi connectivity index (χ4v) is 8.51. The Morgan fingerprint density at radius 3 is 1.29 bits per heavy atom. The molecule has 0 aliphatic rings. The smallest absolute Gasteiger partial charge is 0.0620 e. The van der Waals surface area contributed by atoms with Gasteiger partial charge in [0.15, 0.2) is 0 Å². The van der Waals surface area contributed by atoms with Gasteiger partial charge < -0.3 is 4.40 Å². The van der Waals surface area contributed by atoms with Crippen molar-refractivity contribution >= 4 is 59.6 Å². The SMILES string of the molecule is CC(C)c1ccc2cc3c(cc2c1)c1cc(-c2c(-c4ccccc4)cccc2-c2ccccc2)cc2c4cc5cc(C(C)C)ccc5cc4n3c12. The molecule has 244 valence electrons. The third-order valence-electron chi connectivity index (χ3n) is 11.2. The average molecular weight is 654 g/mol. The molecule has 2 heterocycles. The Labute approximate surface area is 298 Å². The van der Waals surface area contributed by atoms with Crippen molar-refractivity contribution in [2.24, 2.45) is 0 Å². The van der Waals surface area contributed by atoms with Gasteiger partial charge in [0.05, 0.1) is 16.6 Å². The molecule has 0 saturated carbocycles. The number of rotatable bonds is 5. The zero-order chi connectivity index (χ0) is 34.4. The highest BCUT2D eigenvalue weighted by Crippen LogP contribution is 2.47. The van der Waals surface area contributed by atoms with Crippen molar-refractivity contribution in [1.82, 2.24) is 4.40 Å². The van der Waals surface area contributed by atoms with E-state index >= 15 is 0 Å². The van der Waals surface area contributed by atoms with Crippen LogP contribution in [0.15, 0.2) is 152 Å². The summed E-state index contributed by atoms with van der Waals surface area (Å²) >= 11 is 0. The second-order valence-corrected chi connectivity index (χ2v) is 15.0. The molecule has 0 aliphatic heterocycles. The summed E-state index contributed by atoms with van der Waals surface area (Å²) in [6, 6.07) is 57.3. The number of hydrogen-bond acceptors (Lipinski definition) is 0. The molecule has 8 aromatic carbocycles. The van der Waals surface area contributed by atoms with Gasteiger partial charge in [-0.3, -0.25) is 0 Å². The Morgan fingerprint density at radius 1 is 0.373 bits per heavy atom. The van der Waals surface area contributed by atoms with E-state index in [0.717, 1.165) is 0 Å². The van der Waals surface area contributed by atoms with Gasteiger partial charge in [0.1, 0.15) is 0 Å². The summed E-state index contributed by atoms with van der Waals surface area (Å²) in [5.41, 5.74) is 14.1. The van der Waals surface area contributed by atoms with Crippen LogP contribution in [0, 0.1) is 0 Å². The third-order valence-corrected chi connectivity index (χ3v) is 11.2. The minimum Gasteiger partial charge on any atom is -0.308 e. The maximum Gasteiger partial charge on any atom is 0.0620 e. The Morgan fingerprint density at radius 2 is 0.843 bits per heavy atom. The van der Waals surface area contributed by atoms with Crippen LogP contribution in [0.2, 0.25) is 0 Å². The molecule has 0 N–H and O–H groups in total. The lowest BCUT2D eigenvalue weighted by Gasteiger charge is -2.17. The minimum atomic E-state index is 0.478. The first-order chi connectivity index (χ1) is 24.9. The van der Waals surface area contributed by atoms with Crippen LogP contribution in [0.1, 0.15) is 50.7 Å². The van der Waals surface area contributed by atoms with E-state index in [9.17, 15) is 0 Å². The highest BCUT2D eigenvalue weighted by molar-refractivity contribution is 6.27. The maximum atomic E-state index is 2.55. The summed E-state index contributed by atoms with van der Waals surface area (Å²) in [4.78, 5) is 0. The van der Waals surface area contributed by atoms with Crippen LogP contribution in [0.4, 0.5) is 0 Å². The summed E-state index contributed by atoms with van der Waals surface area (Å²) in [5.74, 6) is 0.955. The molecule has 2 aromatic heterocycles. The van der Waals surface area contributed by atoms with E-state index in [-0.39, 0.29) is 0 Å². The third kappa shape index (κ3) is 4.61. The van der Waals surface area contributed by atoms with Gasteiger partial charge in [-0.25, -0.2) is 0 Å². The van der Waals surface area contributed by atoms with Crippen molar-refractivity contribution in [2.75, 3.05) is 0 Å². The molecule has 10 aromatic rings. The van der Waals surface area contributed by atoms with Crippen LogP contribution in [-0.2, 0) is 0 Å². The summed E-state index contributed by atoms with van der Waals surface area (Å²) in [6.45, 7) is 9.12. The van der Waals surface area contributed by atoms with Crippen LogP contribution in [0.25, 0.3) is 93.0 Å². The summed E-state index contributed by atoms with van der Waals surface area (Å²) < 4.78 is 2.55. The molecule has 0 radical (unpaired) electrons. The standard InChI is InChI=1S/C50H39N/c1-30(2)34-18-20-36-28-47-43(24-38(36)22-34)45-26-40(49-41(32-12-7-5-8-13-32)16-11-17-42(49)33-14-9-6-10-15-33)27-46-44-25-39-23-35(31(3)4)19-21-37(39)29-48(44)51(47)50(45)46/h5-31H,1-4H3. The van der Waals surface area contributed by atoms with Crippen molar-refractivity contribution in [3.63, 3.8) is 0 Å². The highest BCUT2D eigenvalue weighted by atomic mass is 14.9. The van der Waals surface area contributed by atoms with Crippen LogP contribution in [0.3, 0.4) is 0 Å². The molecular weight excluding hydrogens is 615 g/mol. The Balaban J connectivity index is 1.38. The number of hydrogen-bond donors (Lipinski definition) is 0. The molecule has 0 fully saturated rings. The number of aromatic nitrogens is 1. The molecule has 0 saturated heterocycles. The number of nitrogens with zero attached hydrogens (tertiary/aromatic N) is 1. The first-order valence-electron chi connectivity index (χ1n) is 18.3. The van der Waals surface area contributed by atoms with Gasteiger partial charge in [0, 0.05) is 21.5 Å². The maximum absolute atomic E-state index is 2.55. The largest absolute Gasteiger partial charge is 0.308 e. The Kier molecular flexibility index (Phi) is 6.64. The zero-order valence-electron chi connectivity index (χ0n) is 29.5. The van der Waals surface area contributed by atoms with E-state index < -0.39 is 0 Å². The van der Waals surface area contributed by atoms with Crippen molar-refractivity contribution in [2.45, 2.75) is 39.5 Å². The molecule has 0 atom stereocenters. The normalized spacial score (nSPS) is 12.3. The topological polar surface area (TPSA) is 4.41 Å². The van der Waals surface area contributed by atoms with Crippen LogP contribution >= 0.6 is 0 Å². The van der Waals surface area contributed by atoms with Crippen molar-refractivity contribution in [3.05, 3.63) is 163 Å². The fourth-order valence-electron chi connectivity index (χ4n) is 8.51. The van der Waals surface area contributed by atoms with Crippen molar-refractivity contribution < 1.29 is 0 Å². The van der Waals surface area contributed by atoms with E-state index in [2.05, 4.69) is 184 Å². The lowest BCUT2D eigenvalue weighted by atomic mass is 9.86. The number of fused-ring (bicyclic) bond motifs is 8. The van der Waals surface area contributed by atoms with Gasteiger partial charge in [0.25, 0.3) is 0 Å². The van der Waals surface area contributed by atoms with Gasteiger partial charge in [-0.2, -0.15) is 0 Å². The highest BCUT2D eigenvalue weighted by Gasteiger charge is 2.23. The van der Waals surface area contributed by atoms with E-state index in [1.807, 2.05) is 0 Å². The molecule has 1 nitrogen and oxygen atoms in total. The number of benzene rings is 8. The summed E-state index contributed by atoms with van der Waals surface area (Å²) in [6.07, 6.45) is 0. The summed E-state index contributed by atoms with van der Waals surface area (Å²) in [7, 11) is 0. The Hall–Kier alpha value is -5.92. The molecule has 1 heteroatoms. The first-order valence-corrected chi connectivity index (χ1v) is 18.3. The van der Waals surface area contributed by atoms with Crippen LogP contribution in [0.5, 0.6) is 0 Å². The minimum absolute atomic E-state index is 0.478. The molecule has 51 heavy (non-hydrogen) atoms. The average Bonchev–Trinajstić information content (AvgIpc) is 3.66. The van der Waals surface area contributed by atoms with Crippen molar-refractivity contribution in [1.29, 1.82) is 0 Å². The molecule has 10 rings (SSSR count). The van der Waals surface area contributed by atoms with Gasteiger partial charge in [-0.1, -0.05) is 143 Å². The van der Waals surface area contributed by atoms with Gasteiger partial charge in [0.2, 0.25) is 0 Å². The monoisotopic (exact) mass is 653 g/mol. The zero-order valence-corrected chi connectivity index (χ0v) is 29.5. The van der Waals surface area contributed by atoms with E-state index in [1.165, 1.54) is 104 Å². The van der Waals surface area contributed by atoms with Gasteiger partial charge in [-0.05, 0) is 114 Å². The van der Waals surface area contributed by atoms with E-state index in [0.29, 0.717) is 11.8 Å². The molecule has 0 aliphatic carbocycles. The van der Waals surface area contributed by atoms with E-state index in [1.54, 1.807) is 0 Å². The van der Waals surface area contributed by atoms with Crippen LogP contribution < -0.4 is 0 Å². The molecule has 0 amide bonds. The molecular formula is C50H39N. The second-order valence-electron chi connectivity index (χ2n) is 15.0. The molecule has 0 bridgehead atoms. The Bertz CT molecular complexity index is 2750. The van der Waals surface area contributed by atoms with Gasteiger partial charge in [-0.15, -0.1) is 0 Å². The lowest BCUT2D eigenvalue weighted by Crippen LogP contribution is -1.91. The molecule has 0 spiro atoms. The van der Waals surface area contributed by atoms with Gasteiger partial charge >= 0.3 is 0 Å². The summed E-state index contributed by atoms with van der Waals surface area (Å²) in [5, 5.41) is 10.4. The van der Waals surface area contributed by atoms with Crippen LogP contribution in [-0.4, -0.2) is 4.40 Å². The second kappa shape index (κ2) is 11.3. The van der Waals surface area contributed by atoms with E-state index in [4.69, 9.17) is 0 Å². The lowest BCUT2D eigenvalue weighted by molar-refractivity contribution is 0.869. The quantitative estimate of drug-likeness (QED) is 0.174. The predicted molar refractivity (Wildman–Crippen MR) is 221 cm³/mol. The first kappa shape index (κ1) is 29.9. The fraction of sp³-hybridized carbons (Fsp3) is 0.120. The van der Waals surface area contributed by atoms with Crippen molar-refractivity contribution in [3.8, 4) is 33.4 Å². The molecule has 0 unspecified atom stereocenters.